The van der Waals surface area contributed by atoms with E-state index in [0.717, 1.165) is 0 Å². The highest BCUT2D eigenvalue weighted by atomic mass is 16.4. The van der Waals surface area contributed by atoms with Crippen LogP contribution >= 0.6 is 0 Å². The van der Waals surface area contributed by atoms with Crippen LogP contribution in [0.3, 0.4) is 0 Å². The number of H-pyrrole nitrogens is 1. The summed E-state index contributed by atoms with van der Waals surface area (Å²) in [6.07, 6.45) is -0.0673. The second-order valence-corrected chi connectivity index (χ2v) is 4.24. The first-order valence-corrected chi connectivity index (χ1v) is 6.11. The number of carbonyl (C=O) groups is 1. The van der Waals surface area contributed by atoms with Crippen molar-refractivity contribution in [2.75, 3.05) is 11.9 Å². The molecule has 0 bridgehead atoms. The minimum absolute atomic E-state index is 0.0673. The fourth-order valence-electron chi connectivity index (χ4n) is 1.96. The lowest BCUT2D eigenvalue weighted by Gasteiger charge is -2.06. The summed E-state index contributed by atoms with van der Waals surface area (Å²) in [4.78, 5) is 40.3. The smallest absolute Gasteiger partial charge is 0.329 e. The van der Waals surface area contributed by atoms with Crippen LogP contribution in [0.25, 0.3) is 11.2 Å². The van der Waals surface area contributed by atoms with Gasteiger partial charge in [0.25, 0.3) is 5.56 Å². The van der Waals surface area contributed by atoms with E-state index in [2.05, 4.69) is 15.3 Å². The number of nitrogens with zero attached hydrogens (tertiary/aromatic N) is 3. The highest BCUT2D eigenvalue weighted by Gasteiger charge is 2.15. The Balaban J connectivity index is 2.54. The lowest BCUT2D eigenvalue weighted by Crippen LogP contribution is -2.29. The molecule has 0 fully saturated rings. The topological polar surface area (TPSA) is 122 Å². The number of aromatic amines is 1. The molecule has 0 saturated carbocycles. The largest absolute Gasteiger partial charge is 0.481 e. The molecular weight excluding hydrogens is 266 g/mol. The van der Waals surface area contributed by atoms with Gasteiger partial charge < -0.3 is 15.0 Å². The molecule has 2 aromatic heterocycles. The summed E-state index contributed by atoms with van der Waals surface area (Å²) in [7, 11) is 1.51. The van der Waals surface area contributed by atoms with Gasteiger partial charge in [0.1, 0.15) is 0 Å². The SMILES string of the molecule is CCn1c(NCCC(=O)O)nc2c1c(=O)[nH]c(=O)n2C. The number of hydrogen-bond donors (Lipinski definition) is 3. The number of anilines is 1. The molecule has 0 aliphatic heterocycles. The van der Waals surface area contributed by atoms with Crippen LogP contribution in [-0.4, -0.2) is 36.7 Å². The van der Waals surface area contributed by atoms with Crippen LogP contribution in [0.15, 0.2) is 9.59 Å². The monoisotopic (exact) mass is 281 g/mol. The second kappa shape index (κ2) is 5.19. The van der Waals surface area contributed by atoms with Gasteiger partial charge >= 0.3 is 11.7 Å². The molecule has 2 heterocycles. The molecule has 108 valence electrons. The van der Waals surface area contributed by atoms with E-state index in [4.69, 9.17) is 5.11 Å². The Labute approximate surface area is 112 Å². The van der Waals surface area contributed by atoms with Crippen LogP contribution in [0, 0.1) is 0 Å². The molecule has 9 nitrogen and oxygen atoms in total. The maximum Gasteiger partial charge on any atom is 0.329 e. The van der Waals surface area contributed by atoms with Crippen LogP contribution in [0.5, 0.6) is 0 Å². The Bertz CT molecular complexity index is 769. The molecule has 2 rings (SSSR count). The predicted molar refractivity (Wildman–Crippen MR) is 72.0 cm³/mol. The molecule has 0 atom stereocenters. The second-order valence-electron chi connectivity index (χ2n) is 4.24. The number of carboxylic acid groups (broad SMARTS) is 1. The van der Waals surface area contributed by atoms with E-state index in [1.54, 1.807) is 4.57 Å². The zero-order chi connectivity index (χ0) is 14.9. The third-order valence-electron chi connectivity index (χ3n) is 2.95. The number of aliphatic carboxylic acids is 1. The molecule has 0 aromatic carbocycles. The first-order chi connectivity index (χ1) is 9.45. The molecule has 0 radical (unpaired) electrons. The van der Waals surface area contributed by atoms with Crippen molar-refractivity contribution in [3.8, 4) is 0 Å². The van der Waals surface area contributed by atoms with E-state index >= 15 is 0 Å². The van der Waals surface area contributed by atoms with Gasteiger partial charge in [-0.3, -0.25) is 19.1 Å². The van der Waals surface area contributed by atoms with Crippen molar-refractivity contribution in [2.45, 2.75) is 19.9 Å². The zero-order valence-electron chi connectivity index (χ0n) is 11.1. The summed E-state index contributed by atoms with van der Waals surface area (Å²) in [5, 5.41) is 11.5. The summed E-state index contributed by atoms with van der Waals surface area (Å²) in [5.74, 6) is -0.558. The van der Waals surface area contributed by atoms with Crippen molar-refractivity contribution in [2.24, 2.45) is 7.05 Å². The van der Waals surface area contributed by atoms with E-state index in [1.807, 2.05) is 6.92 Å². The summed E-state index contributed by atoms with van der Waals surface area (Å²) >= 11 is 0. The van der Waals surface area contributed by atoms with Gasteiger partial charge in [-0.05, 0) is 6.92 Å². The summed E-state index contributed by atoms with van der Waals surface area (Å²) < 4.78 is 2.85. The Hall–Kier alpha value is -2.58. The molecule has 0 spiro atoms. The minimum Gasteiger partial charge on any atom is -0.481 e. The maximum absolute atomic E-state index is 11.9. The van der Waals surface area contributed by atoms with Gasteiger partial charge in [0.05, 0.1) is 6.42 Å². The molecule has 9 heteroatoms. The van der Waals surface area contributed by atoms with Crippen LogP contribution in [0.1, 0.15) is 13.3 Å². The molecule has 0 unspecified atom stereocenters. The number of rotatable bonds is 5. The van der Waals surface area contributed by atoms with Crippen LogP contribution in [0.4, 0.5) is 5.95 Å². The van der Waals surface area contributed by atoms with Crippen LogP contribution in [-0.2, 0) is 18.4 Å². The van der Waals surface area contributed by atoms with E-state index in [9.17, 15) is 14.4 Å². The van der Waals surface area contributed by atoms with Crippen molar-refractivity contribution in [3.05, 3.63) is 20.8 Å². The first-order valence-electron chi connectivity index (χ1n) is 6.11. The molecule has 0 saturated heterocycles. The van der Waals surface area contributed by atoms with Gasteiger partial charge in [-0.25, -0.2) is 4.79 Å². The average molecular weight is 281 g/mol. The molecular formula is C11H15N5O4. The Morgan fingerprint density at radius 2 is 2.15 bits per heavy atom. The molecule has 0 aliphatic carbocycles. The Morgan fingerprint density at radius 1 is 1.45 bits per heavy atom. The van der Waals surface area contributed by atoms with E-state index in [0.29, 0.717) is 12.5 Å². The summed E-state index contributed by atoms with van der Waals surface area (Å²) in [6, 6.07) is 0. The number of nitrogens with one attached hydrogen (secondary N) is 2. The van der Waals surface area contributed by atoms with Crippen LogP contribution in [0.2, 0.25) is 0 Å². The number of hydrogen-bond acceptors (Lipinski definition) is 5. The van der Waals surface area contributed by atoms with Gasteiger partial charge in [-0.2, -0.15) is 4.98 Å². The fourth-order valence-corrected chi connectivity index (χ4v) is 1.96. The number of aromatic nitrogens is 4. The predicted octanol–water partition coefficient (Wildman–Crippen LogP) is -0.670. The number of fused-ring (bicyclic) bond motifs is 1. The maximum atomic E-state index is 11.9. The minimum atomic E-state index is -0.929. The Morgan fingerprint density at radius 3 is 2.75 bits per heavy atom. The van der Waals surface area contributed by atoms with Gasteiger partial charge in [0, 0.05) is 20.1 Å². The summed E-state index contributed by atoms with van der Waals surface area (Å²) in [6.45, 7) is 2.48. The quantitative estimate of drug-likeness (QED) is 0.668. The molecule has 0 aliphatic rings. The standard InChI is InChI=1S/C11H15N5O4/c1-3-16-7-8(15(2)11(20)14-9(7)19)13-10(16)12-5-4-6(17)18/h3-5H2,1-2H3,(H,12,13)(H,17,18)(H,14,19,20). The van der Waals surface area contributed by atoms with E-state index in [-0.39, 0.29) is 24.1 Å². The van der Waals surface area contributed by atoms with Gasteiger partial charge in [-0.15, -0.1) is 0 Å². The van der Waals surface area contributed by atoms with Gasteiger partial charge in [0.15, 0.2) is 11.2 Å². The van der Waals surface area contributed by atoms with Crippen molar-refractivity contribution in [1.29, 1.82) is 0 Å². The average Bonchev–Trinajstić information content (AvgIpc) is 2.75. The molecule has 3 N–H and O–H groups in total. The fraction of sp³-hybridized carbons (Fsp3) is 0.455. The summed E-state index contributed by atoms with van der Waals surface area (Å²) in [5.41, 5.74) is -0.505. The van der Waals surface area contributed by atoms with Gasteiger partial charge in [-0.1, -0.05) is 0 Å². The van der Waals surface area contributed by atoms with Crippen molar-refractivity contribution >= 4 is 23.1 Å². The first kappa shape index (κ1) is 13.8. The number of imidazole rings is 1. The Kier molecular flexibility index (Phi) is 3.59. The highest BCUT2D eigenvalue weighted by molar-refractivity contribution is 5.74. The lowest BCUT2D eigenvalue weighted by atomic mass is 10.4. The van der Waals surface area contributed by atoms with E-state index < -0.39 is 17.2 Å². The number of aryl methyl sites for hydroxylation is 2. The van der Waals surface area contributed by atoms with Gasteiger partial charge in [0.2, 0.25) is 5.95 Å². The van der Waals surface area contributed by atoms with Crippen molar-refractivity contribution in [1.82, 2.24) is 19.1 Å². The van der Waals surface area contributed by atoms with Crippen molar-refractivity contribution < 1.29 is 9.90 Å². The third-order valence-corrected chi connectivity index (χ3v) is 2.95. The third kappa shape index (κ3) is 2.29. The zero-order valence-corrected chi connectivity index (χ0v) is 11.1. The number of carboxylic acids is 1. The van der Waals surface area contributed by atoms with E-state index in [1.165, 1.54) is 11.6 Å². The molecule has 0 amide bonds. The molecule has 2 aromatic rings. The highest BCUT2D eigenvalue weighted by Crippen LogP contribution is 2.14. The lowest BCUT2D eigenvalue weighted by molar-refractivity contribution is -0.136. The van der Waals surface area contributed by atoms with Crippen LogP contribution < -0.4 is 16.6 Å². The van der Waals surface area contributed by atoms with Crippen molar-refractivity contribution in [3.63, 3.8) is 0 Å². The molecule has 20 heavy (non-hydrogen) atoms. The normalized spacial score (nSPS) is 10.9.